The van der Waals surface area contributed by atoms with Gasteiger partial charge < -0.3 is 18.9 Å². The van der Waals surface area contributed by atoms with Crippen molar-refractivity contribution in [3.05, 3.63) is 29.8 Å². The quantitative estimate of drug-likeness (QED) is 0.0498. The van der Waals surface area contributed by atoms with Crippen LogP contribution in [-0.2, 0) is 38.0 Å². The molecule has 0 unspecified atom stereocenters. The Balaban J connectivity index is 1.77. The first-order valence-electron chi connectivity index (χ1n) is 16.3. The zero-order valence-electron chi connectivity index (χ0n) is 26.5. The molecule has 0 aliphatic carbocycles. The van der Waals surface area contributed by atoms with Gasteiger partial charge in [0.15, 0.2) is 0 Å². The lowest BCUT2D eigenvalue weighted by Crippen LogP contribution is -2.15. The predicted octanol–water partition coefficient (Wildman–Crippen LogP) is 7.55. The monoisotopic (exact) mass is 614 g/mol. The number of hydrogen-bond donors (Lipinski definition) is 0. The SMILES string of the molecule is CCCCCCCCCCCCCCCCCC(=O)OCCOCCOCCOCCOS(=O)(=O)c1ccc(C)cc1. The van der Waals surface area contributed by atoms with E-state index < -0.39 is 10.1 Å². The summed E-state index contributed by atoms with van der Waals surface area (Å²) in [7, 11) is -3.77. The van der Waals surface area contributed by atoms with Crippen LogP contribution in [0.3, 0.4) is 0 Å². The number of benzene rings is 1. The van der Waals surface area contributed by atoms with Crippen LogP contribution < -0.4 is 0 Å². The van der Waals surface area contributed by atoms with Crippen molar-refractivity contribution >= 4 is 16.1 Å². The van der Waals surface area contributed by atoms with E-state index in [0.717, 1.165) is 18.4 Å². The van der Waals surface area contributed by atoms with Gasteiger partial charge in [-0.15, -0.1) is 0 Å². The second kappa shape index (κ2) is 27.1. The summed E-state index contributed by atoms with van der Waals surface area (Å²) in [6.45, 7) is 6.33. The van der Waals surface area contributed by atoms with Gasteiger partial charge in [0.05, 0.1) is 51.1 Å². The van der Waals surface area contributed by atoms with E-state index in [4.69, 9.17) is 23.1 Å². The van der Waals surface area contributed by atoms with Crippen LogP contribution in [0.5, 0.6) is 0 Å². The van der Waals surface area contributed by atoms with E-state index in [1.54, 1.807) is 12.1 Å². The zero-order valence-corrected chi connectivity index (χ0v) is 27.3. The van der Waals surface area contributed by atoms with E-state index in [1.807, 2.05) is 6.92 Å². The molecule has 0 saturated carbocycles. The van der Waals surface area contributed by atoms with Crippen LogP contribution in [0, 0.1) is 6.92 Å². The maximum absolute atomic E-state index is 12.1. The van der Waals surface area contributed by atoms with Gasteiger partial charge in [-0.2, -0.15) is 8.42 Å². The highest BCUT2D eigenvalue weighted by Gasteiger charge is 2.14. The lowest BCUT2D eigenvalue weighted by molar-refractivity contribution is -0.145. The Morgan fingerprint density at radius 2 is 0.976 bits per heavy atom. The Morgan fingerprint density at radius 1 is 0.571 bits per heavy atom. The first-order chi connectivity index (χ1) is 20.5. The molecule has 0 spiro atoms. The van der Waals surface area contributed by atoms with Crippen LogP contribution in [0.4, 0.5) is 0 Å². The van der Waals surface area contributed by atoms with Crippen molar-refractivity contribution in [2.45, 2.75) is 121 Å². The van der Waals surface area contributed by atoms with E-state index in [-0.39, 0.29) is 30.7 Å². The maximum Gasteiger partial charge on any atom is 0.305 e. The molecule has 42 heavy (non-hydrogen) atoms. The molecule has 0 fully saturated rings. The van der Waals surface area contributed by atoms with Gasteiger partial charge >= 0.3 is 5.97 Å². The molecule has 0 heterocycles. The lowest BCUT2D eigenvalue weighted by Gasteiger charge is -2.08. The van der Waals surface area contributed by atoms with Gasteiger partial charge in [-0.1, -0.05) is 115 Å². The number of carbonyl (C=O) groups excluding carboxylic acids is 1. The van der Waals surface area contributed by atoms with Crippen LogP contribution in [0.15, 0.2) is 29.2 Å². The number of ether oxygens (including phenoxy) is 4. The second-order valence-corrected chi connectivity index (χ2v) is 12.5. The van der Waals surface area contributed by atoms with Crippen molar-refractivity contribution in [1.82, 2.24) is 0 Å². The number of rotatable bonds is 30. The molecule has 0 radical (unpaired) electrons. The number of hydrogen-bond acceptors (Lipinski definition) is 8. The Morgan fingerprint density at radius 3 is 1.45 bits per heavy atom. The number of carbonyl (C=O) groups is 1. The van der Waals surface area contributed by atoms with Crippen LogP contribution in [0.1, 0.15) is 115 Å². The molecule has 1 aromatic carbocycles. The average Bonchev–Trinajstić information content (AvgIpc) is 2.97. The molecule has 0 aromatic heterocycles. The third-order valence-corrected chi connectivity index (χ3v) is 8.32. The van der Waals surface area contributed by atoms with Crippen molar-refractivity contribution in [2.75, 3.05) is 52.9 Å². The minimum atomic E-state index is -3.77. The minimum Gasteiger partial charge on any atom is -0.463 e. The van der Waals surface area contributed by atoms with Crippen molar-refractivity contribution in [3.63, 3.8) is 0 Å². The molecule has 8 nitrogen and oxygen atoms in total. The summed E-state index contributed by atoms with van der Waals surface area (Å²) >= 11 is 0. The summed E-state index contributed by atoms with van der Waals surface area (Å²) in [6.07, 6.45) is 20.1. The highest BCUT2D eigenvalue weighted by atomic mass is 32.2. The summed E-state index contributed by atoms with van der Waals surface area (Å²) in [5.41, 5.74) is 0.979. The van der Waals surface area contributed by atoms with Crippen molar-refractivity contribution in [1.29, 1.82) is 0 Å². The number of unbranched alkanes of at least 4 members (excludes halogenated alkanes) is 14. The summed E-state index contributed by atoms with van der Waals surface area (Å²) in [4.78, 5) is 12.0. The maximum atomic E-state index is 12.1. The van der Waals surface area contributed by atoms with Crippen LogP contribution in [-0.4, -0.2) is 67.2 Å². The van der Waals surface area contributed by atoms with Gasteiger partial charge in [-0.3, -0.25) is 8.98 Å². The van der Waals surface area contributed by atoms with Gasteiger partial charge in [0, 0.05) is 6.42 Å². The van der Waals surface area contributed by atoms with Crippen molar-refractivity contribution in [3.8, 4) is 0 Å². The molecule has 1 aromatic rings. The Bertz CT molecular complexity index is 857. The fourth-order valence-electron chi connectivity index (χ4n) is 4.44. The van der Waals surface area contributed by atoms with E-state index in [9.17, 15) is 13.2 Å². The van der Waals surface area contributed by atoms with Gasteiger partial charge in [0.2, 0.25) is 0 Å². The standard InChI is InChI=1S/C33H58O8S/c1-3-4-5-6-7-8-9-10-11-12-13-14-15-16-17-18-33(34)40-29-27-38-25-23-37-24-26-39-28-30-41-42(35,36)32-21-19-31(2)20-22-32/h19-22H,3-18,23-30H2,1-2H3. The lowest BCUT2D eigenvalue weighted by atomic mass is 10.0. The molecule has 0 amide bonds. The molecule has 0 atom stereocenters. The fraction of sp³-hybridized carbons (Fsp3) is 0.788. The highest BCUT2D eigenvalue weighted by molar-refractivity contribution is 7.86. The van der Waals surface area contributed by atoms with Crippen molar-refractivity contribution in [2.24, 2.45) is 0 Å². The molecular weight excluding hydrogens is 556 g/mol. The first kappa shape index (κ1) is 38.5. The largest absolute Gasteiger partial charge is 0.463 e. The minimum absolute atomic E-state index is 0.0581. The van der Waals surface area contributed by atoms with E-state index in [2.05, 4.69) is 6.92 Å². The molecular formula is C33H58O8S. The third-order valence-electron chi connectivity index (χ3n) is 7.00. The van der Waals surface area contributed by atoms with Crippen molar-refractivity contribution < 1.29 is 36.3 Å². The normalized spacial score (nSPS) is 11.7. The summed E-state index contributed by atoms with van der Waals surface area (Å²) in [5, 5.41) is 0. The molecule has 9 heteroatoms. The van der Waals surface area contributed by atoms with Gasteiger partial charge in [0.1, 0.15) is 6.61 Å². The second-order valence-electron chi connectivity index (χ2n) is 10.8. The molecule has 244 valence electrons. The molecule has 0 aliphatic rings. The third kappa shape index (κ3) is 23.0. The smallest absolute Gasteiger partial charge is 0.305 e. The van der Waals surface area contributed by atoms with E-state index >= 15 is 0 Å². The average molecular weight is 615 g/mol. The van der Waals surface area contributed by atoms with Gasteiger partial charge in [-0.25, -0.2) is 0 Å². The molecule has 0 aliphatic heterocycles. The van der Waals surface area contributed by atoms with Crippen LogP contribution >= 0.6 is 0 Å². The van der Waals surface area contributed by atoms with Gasteiger partial charge in [0.25, 0.3) is 10.1 Å². The van der Waals surface area contributed by atoms with Crippen LogP contribution in [0.25, 0.3) is 0 Å². The van der Waals surface area contributed by atoms with Crippen LogP contribution in [0.2, 0.25) is 0 Å². The summed E-state index contributed by atoms with van der Waals surface area (Å²) in [6, 6.07) is 6.49. The molecule has 0 N–H and O–H groups in total. The topological polar surface area (TPSA) is 97.4 Å². The number of aryl methyl sites for hydroxylation is 1. The highest BCUT2D eigenvalue weighted by Crippen LogP contribution is 2.14. The Labute approximate surface area is 256 Å². The first-order valence-corrected chi connectivity index (χ1v) is 17.7. The Kier molecular flexibility index (Phi) is 24.8. The fourth-order valence-corrected chi connectivity index (χ4v) is 5.34. The predicted molar refractivity (Wildman–Crippen MR) is 167 cm³/mol. The molecule has 0 saturated heterocycles. The number of esters is 1. The molecule has 0 bridgehead atoms. The molecule has 1 rings (SSSR count). The van der Waals surface area contributed by atoms with E-state index in [0.29, 0.717) is 39.5 Å². The zero-order chi connectivity index (χ0) is 30.6. The van der Waals surface area contributed by atoms with Gasteiger partial charge in [-0.05, 0) is 25.5 Å². The summed E-state index contributed by atoms with van der Waals surface area (Å²) in [5.74, 6) is -0.155. The Hall–Kier alpha value is -1.52. The summed E-state index contributed by atoms with van der Waals surface area (Å²) < 4.78 is 50.5. The van der Waals surface area contributed by atoms with E-state index in [1.165, 1.54) is 95.6 Å².